The fraction of sp³-hybridized carbons (Fsp3) is 0.0588. The molecule has 2 aromatic heterocycles. The van der Waals surface area contributed by atoms with Gasteiger partial charge in [0.1, 0.15) is 12.2 Å². The number of benzene rings is 2. The zero-order valence-corrected chi connectivity index (χ0v) is 14.1. The average Bonchev–Trinajstić information content (AvgIpc) is 3.26. The smallest absolute Gasteiger partial charge is 0.248 e. The van der Waals surface area contributed by atoms with E-state index < -0.39 is 0 Å². The highest BCUT2D eigenvalue weighted by molar-refractivity contribution is 9.10. The minimum Gasteiger partial charge on any atom is -0.419 e. The van der Waals surface area contributed by atoms with Gasteiger partial charge < -0.3 is 4.42 Å². The monoisotopic (exact) mass is 381 g/mol. The first-order valence-electron chi connectivity index (χ1n) is 7.32. The third-order valence-electron chi connectivity index (χ3n) is 3.48. The van der Waals surface area contributed by atoms with E-state index >= 15 is 0 Å². The molecule has 2 aromatic carbocycles. The SMILES string of the molecule is Brc1ccccc1-c1nnc(Cn2cc(-c3ccccc3)nn2)o1. The lowest BCUT2D eigenvalue weighted by atomic mass is 10.2. The summed E-state index contributed by atoms with van der Waals surface area (Å²) in [5.41, 5.74) is 2.68. The van der Waals surface area contributed by atoms with Crippen molar-refractivity contribution in [3.63, 3.8) is 0 Å². The molecular formula is C17H12BrN5O. The van der Waals surface area contributed by atoms with Crippen LogP contribution in [0, 0.1) is 0 Å². The van der Waals surface area contributed by atoms with Gasteiger partial charge in [0.15, 0.2) is 0 Å². The molecule has 0 atom stereocenters. The summed E-state index contributed by atoms with van der Waals surface area (Å²) < 4.78 is 8.32. The predicted molar refractivity (Wildman–Crippen MR) is 92.0 cm³/mol. The predicted octanol–water partition coefficient (Wildman–Crippen LogP) is 3.81. The van der Waals surface area contributed by atoms with Crippen LogP contribution in [0.15, 0.2) is 69.7 Å². The third-order valence-corrected chi connectivity index (χ3v) is 4.17. The van der Waals surface area contributed by atoms with Gasteiger partial charge in [0.05, 0.1) is 11.8 Å². The van der Waals surface area contributed by atoms with Crippen LogP contribution in [0.4, 0.5) is 0 Å². The summed E-state index contributed by atoms with van der Waals surface area (Å²) in [5.74, 6) is 0.950. The van der Waals surface area contributed by atoms with Gasteiger partial charge in [-0.3, -0.25) is 0 Å². The van der Waals surface area contributed by atoms with Crippen LogP contribution in [0.5, 0.6) is 0 Å². The van der Waals surface area contributed by atoms with Crippen molar-refractivity contribution >= 4 is 15.9 Å². The Kier molecular flexibility index (Phi) is 3.92. The normalized spacial score (nSPS) is 10.9. The first kappa shape index (κ1) is 14.8. The van der Waals surface area contributed by atoms with E-state index in [-0.39, 0.29) is 0 Å². The molecule has 0 bridgehead atoms. The number of hydrogen-bond donors (Lipinski definition) is 0. The molecule has 0 aliphatic heterocycles. The first-order chi connectivity index (χ1) is 11.8. The molecule has 0 spiro atoms. The maximum Gasteiger partial charge on any atom is 0.248 e. The van der Waals surface area contributed by atoms with Gasteiger partial charge in [-0.25, -0.2) is 4.68 Å². The summed E-state index contributed by atoms with van der Waals surface area (Å²) in [4.78, 5) is 0. The standard InChI is InChI=1S/C17H12BrN5O/c18-14-9-5-4-8-13(14)17-21-20-16(24-17)11-23-10-15(19-22-23)12-6-2-1-3-7-12/h1-10H,11H2. The van der Waals surface area contributed by atoms with Crippen molar-refractivity contribution in [2.45, 2.75) is 6.54 Å². The maximum absolute atomic E-state index is 5.73. The zero-order chi connectivity index (χ0) is 16.4. The number of nitrogens with zero attached hydrogens (tertiary/aromatic N) is 5. The van der Waals surface area contributed by atoms with Gasteiger partial charge >= 0.3 is 0 Å². The summed E-state index contributed by atoms with van der Waals surface area (Å²) in [7, 11) is 0. The van der Waals surface area contributed by atoms with E-state index in [1.807, 2.05) is 60.8 Å². The topological polar surface area (TPSA) is 69.6 Å². The van der Waals surface area contributed by atoms with E-state index in [0.29, 0.717) is 18.3 Å². The Balaban J connectivity index is 1.55. The van der Waals surface area contributed by atoms with Crippen molar-refractivity contribution < 1.29 is 4.42 Å². The van der Waals surface area contributed by atoms with Crippen molar-refractivity contribution in [2.75, 3.05) is 0 Å². The molecule has 2 heterocycles. The van der Waals surface area contributed by atoms with E-state index in [9.17, 15) is 0 Å². The molecule has 6 nitrogen and oxygen atoms in total. The maximum atomic E-state index is 5.73. The van der Waals surface area contributed by atoms with E-state index in [4.69, 9.17) is 4.42 Å². The van der Waals surface area contributed by atoms with E-state index in [2.05, 4.69) is 36.4 Å². The molecule has 4 aromatic rings. The van der Waals surface area contributed by atoms with E-state index in [0.717, 1.165) is 21.3 Å². The van der Waals surface area contributed by atoms with Gasteiger partial charge in [-0.15, -0.1) is 15.3 Å². The Morgan fingerprint density at radius 1 is 0.917 bits per heavy atom. The lowest BCUT2D eigenvalue weighted by molar-refractivity contribution is 0.469. The largest absolute Gasteiger partial charge is 0.419 e. The van der Waals surface area contributed by atoms with Crippen LogP contribution >= 0.6 is 15.9 Å². The highest BCUT2D eigenvalue weighted by Crippen LogP contribution is 2.26. The second kappa shape index (κ2) is 6.37. The Morgan fingerprint density at radius 3 is 2.54 bits per heavy atom. The molecule has 4 rings (SSSR count). The summed E-state index contributed by atoms with van der Waals surface area (Å²) >= 11 is 3.48. The van der Waals surface area contributed by atoms with Crippen LogP contribution in [-0.4, -0.2) is 25.2 Å². The fourth-order valence-corrected chi connectivity index (χ4v) is 2.77. The van der Waals surface area contributed by atoms with E-state index in [1.165, 1.54) is 0 Å². The summed E-state index contributed by atoms with van der Waals surface area (Å²) in [5, 5.41) is 16.5. The Hall–Kier alpha value is -2.80. The molecule has 0 saturated heterocycles. The Bertz CT molecular complexity index is 964. The third kappa shape index (κ3) is 2.98. The highest BCUT2D eigenvalue weighted by atomic mass is 79.9. The number of halogens is 1. The minimum atomic E-state index is 0.372. The van der Waals surface area contributed by atoms with Gasteiger partial charge in [-0.2, -0.15) is 0 Å². The van der Waals surface area contributed by atoms with Crippen LogP contribution < -0.4 is 0 Å². The number of aromatic nitrogens is 5. The van der Waals surface area contributed by atoms with Crippen LogP contribution in [0.25, 0.3) is 22.7 Å². The molecule has 0 amide bonds. The van der Waals surface area contributed by atoms with Gasteiger partial charge in [0.2, 0.25) is 11.8 Å². The molecular weight excluding hydrogens is 370 g/mol. The lowest BCUT2D eigenvalue weighted by Crippen LogP contribution is -2.00. The first-order valence-corrected chi connectivity index (χ1v) is 8.12. The van der Waals surface area contributed by atoms with Crippen molar-refractivity contribution in [3.05, 3.63) is 71.2 Å². The molecule has 0 aliphatic carbocycles. The van der Waals surface area contributed by atoms with Crippen LogP contribution in [0.2, 0.25) is 0 Å². The number of rotatable bonds is 4. The van der Waals surface area contributed by atoms with E-state index in [1.54, 1.807) is 4.68 Å². The van der Waals surface area contributed by atoms with Gasteiger partial charge in [-0.05, 0) is 28.1 Å². The molecule has 0 N–H and O–H groups in total. The number of hydrogen-bond acceptors (Lipinski definition) is 5. The Labute approximate surface area is 146 Å². The highest BCUT2D eigenvalue weighted by Gasteiger charge is 2.12. The second-order valence-corrected chi connectivity index (χ2v) is 6.00. The van der Waals surface area contributed by atoms with Crippen molar-refractivity contribution in [3.8, 4) is 22.7 Å². The second-order valence-electron chi connectivity index (χ2n) is 5.15. The minimum absolute atomic E-state index is 0.372. The molecule has 0 fully saturated rings. The zero-order valence-electron chi connectivity index (χ0n) is 12.5. The molecule has 0 radical (unpaired) electrons. The summed E-state index contributed by atoms with van der Waals surface area (Å²) in [6, 6.07) is 17.6. The van der Waals surface area contributed by atoms with Crippen molar-refractivity contribution in [1.29, 1.82) is 0 Å². The molecule has 0 unspecified atom stereocenters. The molecule has 0 aliphatic rings. The molecule has 24 heavy (non-hydrogen) atoms. The lowest BCUT2D eigenvalue weighted by Gasteiger charge is -1.97. The van der Waals surface area contributed by atoms with Crippen LogP contribution in [-0.2, 0) is 6.54 Å². The van der Waals surface area contributed by atoms with Gasteiger partial charge in [-0.1, -0.05) is 47.7 Å². The fourth-order valence-electron chi connectivity index (χ4n) is 2.32. The van der Waals surface area contributed by atoms with Crippen LogP contribution in [0.3, 0.4) is 0 Å². The summed E-state index contributed by atoms with van der Waals surface area (Å²) in [6.07, 6.45) is 1.86. The van der Waals surface area contributed by atoms with Crippen molar-refractivity contribution in [2.24, 2.45) is 0 Å². The summed E-state index contributed by atoms with van der Waals surface area (Å²) in [6.45, 7) is 0.372. The molecule has 118 valence electrons. The Morgan fingerprint density at radius 2 is 1.71 bits per heavy atom. The van der Waals surface area contributed by atoms with Gasteiger partial charge in [0, 0.05) is 10.0 Å². The molecule has 0 saturated carbocycles. The van der Waals surface area contributed by atoms with Gasteiger partial charge in [0.25, 0.3) is 0 Å². The quantitative estimate of drug-likeness (QED) is 0.537. The average molecular weight is 382 g/mol. The van der Waals surface area contributed by atoms with Crippen molar-refractivity contribution in [1.82, 2.24) is 25.2 Å². The molecule has 7 heteroatoms. The van der Waals surface area contributed by atoms with Crippen LogP contribution in [0.1, 0.15) is 5.89 Å².